The van der Waals surface area contributed by atoms with Crippen LogP contribution in [0.25, 0.3) is 0 Å². The Labute approximate surface area is 142 Å². The van der Waals surface area contributed by atoms with Crippen molar-refractivity contribution in [2.24, 2.45) is 0 Å². The van der Waals surface area contributed by atoms with Crippen molar-refractivity contribution in [2.75, 3.05) is 30.8 Å². The summed E-state index contributed by atoms with van der Waals surface area (Å²) in [4.78, 5) is 25.8. The molecule has 0 spiro atoms. The number of ether oxygens (including phenoxy) is 2. The van der Waals surface area contributed by atoms with Crippen molar-refractivity contribution in [1.82, 2.24) is 4.90 Å². The molecule has 132 valence electrons. The minimum atomic E-state index is -0.582. The number of hydrogen-bond donors (Lipinski definition) is 2. The lowest BCUT2D eigenvalue weighted by Gasteiger charge is -2.21. The molecule has 2 N–H and O–H groups in total. The topological polar surface area (TPSA) is 79.9 Å². The van der Waals surface area contributed by atoms with Crippen molar-refractivity contribution < 1.29 is 19.1 Å². The molecule has 0 bridgehead atoms. The van der Waals surface area contributed by atoms with E-state index in [1.807, 2.05) is 0 Å². The third-order valence-corrected chi connectivity index (χ3v) is 3.48. The van der Waals surface area contributed by atoms with Gasteiger partial charge in [-0.3, -0.25) is 5.32 Å². The summed E-state index contributed by atoms with van der Waals surface area (Å²) in [6, 6.07) is 4.93. The van der Waals surface area contributed by atoms with Crippen molar-refractivity contribution >= 4 is 23.5 Å². The molecule has 1 aliphatic heterocycles. The summed E-state index contributed by atoms with van der Waals surface area (Å²) in [5, 5.41) is 5.48. The monoisotopic (exact) mass is 335 g/mol. The van der Waals surface area contributed by atoms with Gasteiger partial charge in [-0.2, -0.15) is 0 Å². The highest BCUT2D eigenvalue weighted by molar-refractivity contribution is 5.92. The van der Waals surface area contributed by atoms with Crippen LogP contribution in [-0.2, 0) is 4.74 Å². The molecule has 1 heterocycles. The van der Waals surface area contributed by atoms with Crippen LogP contribution in [0.4, 0.5) is 21.0 Å². The van der Waals surface area contributed by atoms with Gasteiger partial charge in [0, 0.05) is 24.8 Å². The second-order valence-electron chi connectivity index (χ2n) is 6.67. The third kappa shape index (κ3) is 5.04. The lowest BCUT2D eigenvalue weighted by Crippen LogP contribution is -2.32. The summed E-state index contributed by atoms with van der Waals surface area (Å²) in [5.41, 5.74) is 0.505. The van der Waals surface area contributed by atoms with Crippen LogP contribution in [0.15, 0.2) is 18.2 Å². The van der Waals surface area contributed by atoms with Crippen molar-refractivity contribution in [2.45, 2.75) is 39.2 Å². The van der Waals surface area contributed by atoms with Crippen molar-refractivity contribution in [1.29, 1.82) is 0 Å². The number of nitrogens with one attached hydrogen (secondary N) is 2. The minimum Gasteiger partial charge on any atom is -0.494 e. The van der Waals surface area contributed by atoms with Gasteiger partial charge in [0.25, 0.3) is 0 Å². The van der Waals surface area contributed by atoms with E-state index >= 15 is 0 Å². The van der Waals surface area contributed by atoms with E-state index in [0.29, 0.717) is 17.1 Å². The van der Waals surface area contributed by atoms with Gasteiger partial charge in [-0.25, -0.2) is 9.59 Å². The number of rotatable bonds is 3. The predicted octanol–water partition coefficient (Wildman–Crippen LogP) is 3.67. The van der Waals surface area contributed by atoms with Gasteiger partial charge in [-0.15, -0.1) is 0 Å². The van der Waals surface area contributed by atoms with Crippen LogP contribution < -0.4 is 15.4 Å². The lowest BCUT2D eigenvalue weighted by molar-refractivity contribution is 0.0635. The number of anilines is 2. The average molecular weight is 335 g/mol. The van der Waals surface area contributed by atoms with Crippen LogP contribution >= 0.6 is 0 Å². The Balaban J connectivity index is 2.04. The Bertz CT molecular complexity index is 604. The third-order valence-electron chi connectivity index (χ3n) is 3.48. The molecule has 1 saturated heterocycles. The van der Waals surface area contributed by atoms with Gasteiger partial charge in [-0.1, -0.05) is 0 Å². The molecule has 1 aliphatic rings. The maximum atomic E-state index is 12.1. The van der Waals surface area contributed by atoms with Crippen molar-refractivity contribution in [3.8, 4) is 5.75 Å². The van der Waals surface area contributed by atoms with Crippen LogP contribution in [-0.4, -0.2) is 42.8 Å². The summed E-state index contributed by atoms with van der Waals surface area (Å²) in [5.74, 6) is 0.445. The molecule has 0 atom stereocenters. The maximum absolute atomic E-state index is 12.1. The second-order valence-corrected chi connectivity index (χ2v) is 6.67. The minimum absolute atomic E-state index is 0.123. The molecule has 1 fully saturated rings. The van der Waals surface area contributed by atoms with E-state index in [-0.39, 0.29) is 6.03 Å². The number of methoxy groups -OCH3 is 1. The molecule has 0 radical (unpaired) electrons. The average Bonchev–Trinajstić information content (AvgIpc) is 3.01. The van der Waals surface area contributed by atoms with E-state index in [1.165, 1.54) is 7.11 Å². The van der Waals surface area contributed by atoms with Gasteiger partial charge < -0.3 is 19.7 Å². The van der Waals surface area contributed by atoms with Crippen molar-refractivity contribution in [3.63, 3.8) is 0 Å². The van der Waals surface area contributed by atoms with Gasteiger partial charge in [-0.05, 0) is 45.7 Å². The van der Waals surface area contributed by atoms with E-state index in [0.717, 1.165) is 25.9 Å². The molecule has 1 aromatic rings. The molecule has 0 aliphatic carbocycles. The van der Waals surface area contributed by atoms with E-state index in [4.69, 9.17) is 9.47 Å². The normalized spacial score (nSPS) is 14.2. The fourth-order valence-corrected chi connectivity index (χ4v) is 2.41. The van der Waals surface area contributed by atoms with Gasteiger partial charge in [0.1, 0.15) is 11.4 Å². The summed E-state index contributed by atoms with van der Waals surface area (Å²) >= 11 is 0. The first-order valence-electron chi connectivity index (χ1n) is 8.02. The fourth-order valence-electron chi connectivity index (χ4n) is 2.41. The molecular weight excluding hydrogens is 310 g/mol. The maximum Gasteiger partial charge on any atom is 0.412 e. The first-order chi connectivity index (χ1) is 11.3. The quantitative estimate of drug-likeness (QED) is 0.883. The standard InChI is InChI=1S/C17H25N3O4/c1-17(2,3)24-16(22)19-13-8-7-12(11-14(13)23-4)18-15(21)20-9-5-6-10-20/h7-8,11H,5-6,9-10H2,1-4H3,(H,18,21)(H,19,22). The van der Waals surface area contributed by atoms with E-state index in [1.54, 1.807) is 43.9 Å². The molecule has 0 unspecified atom stereocenters. The molecule has 7 heteroatoms. The zero-order chi connectivity index (χ0) is 17.7. The van der Waals surface area contributed by atoms with Gasteiger partial charge in [0.15, 0.2) is 0 Å². The number of amides is 3. The summed E-state index contributed by atoms with van der Waals surface area (Å²) in [6.07, 6.45) is 1.51. The van der Waals surface area contributed by atoms with Crippen LogP contribution in [0.3, 0.4) is 0 Å². The Morgan fingerprint density at radius 1 is 1.12 bits per heavy atom. The Morgan fingerprint density at radius 3 is 2.38 bits per heavy atom. The van der Waals surface area contributed by atoms with Crippen LogP contribution in [0.2, 0.25) is 0 Å². The Hall–Kier alpha value is -2.44. The zero-order valence-corrected chi connectivity index (χ0v) is 14.6. The second kappa shape index (κ2) is 7.42. The van der Waals surface area contributed by atoms with Gasteiger partial charge in [0.2, 0.25) is 0 Å². The number of hydrogen-bond acceptors (Lipinski definition) is 4. The van der Waals surface area contributed by atoms with E-state index in [2.05, 4.69) is 10.6 Å². The van der Waals surface area contributed by atoms with E-state index in [9.17, 15) is 9.59 Å². The summed E-state index contributed by atoms with van der Waals surface area (Å²) in [6.45, 7) is 6.94. The number of carbonyl (C=O) groups excluding carboxylic acids is 2. The fraction of sp³-hybridized carbons (Fsp3) is 0.529. The number of urea groups is 1. The van der Waals surface area contributed by atoms with Crippen molar-refractivity contribution in [3.05, 3.63) is 18.2 Å². The highest BCUT2D eigenvalue weighted by atomic mass is 16.6. The van der Waals surface area contributed by atoms with Gasteiger partial charge >= 0.3 is 12.1 Å². The number of carbonyl (C=O) groups is 2. The molecule has 1 aromatic carbocycles. The van der Waals surface area contributed by atoms with Crippen LogP contribution in [0.1, 0.15) is 33.6 Å². The molecule has 3 amide bonds. The zero-order valence-electron chi connectivity index (χ0n) is 14.6. The Kier molecular flexibility index (Phi) is 5.54. The molecule has 24 heavy (non-hydrogen) atoms. The smallest absolute Gasteiger partial charge is 0.412 e. The molecule has 0 aromatic heterocycles. The van der Waals surface area contributed by atoms with Crippen LogP contribution in [0, 0.1) is 0 Å². The number of benzene rings is 1. The SMILES string of the molecule is COc1cc(NC(=O)N2CCCC2)ccc1NC(=O)OC(C)(C)C. The first-order valence-corrected chi connectivity index (χ1v) is 8.02. The highest BCUT2D eigenvalue weighted by Crippen LogP contribution is 2.28. The Morgan fingerprint density at radius 2 is 1.79 bits per heavy atom. The van der Waals surface area contributed by atoms with Crippen LogP contribution in [0.5, 0.6) is 5.75 Å². The largest absolute Gasteiger partial charge is 0.494 e. The van der Waals surface area contributed by atoms with E-state index < -0.39 is 11.7 Å². The molecular formula is C17H25N3O4. The molecule has 0 saturated carbocycles. The molecule has 2 rings (SSSR count). The number of nitrogens with zero attached hydrogens (tertiary/aromatic N) is 1. The molecule has 7 nitrogen and oxygen atoms in total. The highest BCUT2D eigenvalue weighted by Gasteiger charge is 2.20. The summed E-state index contributed by atoms with van der Waals surface area (Å²) < 4.78 is 10.5. The predicted molar refractivity (Wildman–Crippen MR) is 92.7 cm³/mol. The lowest BCUT2D eigenvalue weighted by atomic mass is 10.2. The summed E-state index contributed by atoms with van der Waals surface area (Å²) in [7, 11) is 1.50. The van der Waals surface area contributed by atoms with Gasteiger partial charge in [0.05, 0.1) is 12.8 Å². The number of likely N-dealkylation sites (tertiary alicyclic amines) is 1. The first kappa shape index (κ1) is 17.9.